The second-order valence-electron chi connectivity index (χ2n) is 0. The molecule has 0 unspecified atom stereocenters. The van der Waals surface area contributed by atoms with Crippen LogP contribution in [0.25, 0.3) is 0 Å². The zero-order valence-corrected chi connectivity index (χ0v) is 5.51. The van der Waals surface area contributed by atoms with Gasteiger partial charge in [0, 0.05) is 0 Å². The van der Waals surface area contributed by atoms with Gasteiger partial charge in [-0.1, -0.05) is 0 Å². The Balaban J connectivity index is 0. The fourth-order valence-corrected chi connectivity index (χ4v) is 0. The molecular formula is H4F4GaN. The minimum absolute atomic E-state index is 0. The molecule has 1 nitrogen and oxygen atoms in total. The van der Waals surface area contributed by atoms with Crippen LogP contribution in [0.1, 0.15) is 0 Å². The Morgan fingerprint density at radius 2 is 0.500 bits per heavy atom. The molecule has 6 heavy (non-hydrogen) atoms. The Kier molecular flexibility index (Phi) is 294000. The maximum absolute atomic E-state index is 0. The summed E-state index contributed by atoms with van der Waals surface area (Å²) in [6.45, 7) is 0. The van der Waals surface area contributed by atoms with E-state index < -0.39 is 0 Å². The second-order valence-corrected chi connectivity index (χ2v) is 0. The van der Waals surface area contributed by atoms with Crippen molar-refractivity contribution in [2.75, 3.05) is 0 Å². The predicted octanol–water partition coefficient (Wildman–Crippen LogP) is -12.0. The first kappa shape index (κ1) is 1780. The van der Waals surface area contributed by atoms with E-state index in [1.54, 1.807) is 0 Å². The molecule has 0 saturated carbocycles. The quantitative estimate of drug-likeness (QED) is 0.272. The van der Waals surface area contributed by atoms with Crippen LogP contribution in [0, 0.1) is 0 Å². The van der Waals surface area contributed by atoms with Gasteiger partial charge in [0.1, 0.15) is 0 Å². The number of hydrogen-bond donors (Lipinski definition) is 1. The average Bonchev–Trinajstić information content (AvgIpc) is 0. The molecule has 6 heteroatoms. The van der Waals surface area contributed by atoms with Gasteiger partial charge in [-0.05, 0) is 0 Å². The molecule has 0 aromatic rings. The Hall–Kier alpha value is 0.316. The van der Waals surface area contributed by atoms with Crippen LogP contribution >= 0.6 is 0 Å². The minimum atomic E-state index is 0. The fraction of sp³-hybridized carbons (Fsp3) is 0. The van der Waals surface area contributed by atoms with E-state index in [-0.39, 0.29) is 44.8 Å². The Morgan fingerprint density at radius 3 is 0.500 bits per heavy atom. The van der Waals surface area contributed by atoms with E-state index in [1.807, 2.05) is 0 Å². The molecule has 0 fully saturated rings. The molecule has 40 valence electrons. The summed E-state index contributed by atoms with van der Waals surface area (Å²) < 4.78 is 0. The third-order valence-electron chi connectivity index (χ3n) is 0. The molecule has 0 aromatic carbocycles. The molecule has 0 aliphatic rings. The van der Waals surface area contributed by atoms with E-state index >= 15 is 0 Å². The van der Waals surface area contributed by atoms with Crippen LogP contribution in [-0.4, -0.2) is 19.8 Å². The smallest absolute Gasteiger partial charge is 1.00 e. The van der Waals surface area contributed by atoms with Crippen molar-refractivity contribution in [1.29, 1.82) is 0 Å². The van der Waals surface area contributed by atoms with Crippen LogP contribution < -0.4 is 25.0 Å². The summed E-state index contributed by atoms with van der Waals surface area (Å²) in [4.78, 5) is 0. The molecule has 0 rings (SSSR count). The number of quaternary nitrogens is 1. The van der Waals surface area contributed by atoms with E-state index in [9.17, 15) is 0 Å². The van der Waals surface area contributed by atoms with Gasteiger partial charge in [0.25, 0.3) is 0 Å². The van der Waals surface area contributed by atoms with Gasteiger partial charge in [0.05, 0.1) is 0 Å². The first-order valence-electron chi connectivity index (χ1n) is 0. The first-order valence-corrected chi connectivity index (χ1v) is 0. The van der Waals surface area contributed by atoms with Crippen LogP contribution in [-0.2, 0) is 0 Å². The fourth-order valence-electron chi connectivity index (χ4n) is 0. The predicted molar refractivity (Wildman–Crippen MR) is 11.7 cm³/mol. The van der Waals surface area contributed by atoms with Crippen LogP contribution in [0.2, 0.25) is 0 Å². The zero-order chi connectivity index (χ0) is 0. The minimum Gasteiger partial charge on any atom is -1.00 e. The molecule has 0 amide bonds. The Morgan fingerprint density at radius 1 is 0.500 bits per heavy atom. The van der Waals surface area contributed by atoms with Gasteiger partial charge >= 0.3 is 19.8 Å². The molecule has 0 bridgehead atoms. The number of halogens is 4. The van der Waals surface area contributed by atoms with Gasteiger partial charge in [-0.2, -0.15) is 0 Å². The van der Waals surface area contributed by atoms with Crippen molar-refractivity contribution in [1.82, 2.24) is 6.15 Å². The molecule has 0 aromatic heterocycles. The van der Waals surface area contributed by atoms with Crippen LogP contribution in [0.15, 0.2) is 0 Å². The molecule has 0 spiro atoms. The molecule has 0 atom stereocenters. The summed E-state index contributed by atoms with van der Waals surface area (Å²) in [6.07, 6.45) is 0. The normalized spacial score (nSPS) is 0. The molecule has 4 N–H and O–H groups in total. The maximum atomic E-state index is 0. The summed E-state index contributed by atoms with van der Waals surface area (Å²) in [6, 6.07) is 0. The Bertz CT molecular complexity index is 7.51. The third kappa shape index (κ3) is 474. The van der Waals surface area contributed by atoms with Crippen molar-refractivity contribution in [3.63, 3.8) is 0 Å². The maximum Gasteiger partial charge on any atom is 3.00 e. The number of hydrogen-bond acceptors (Lipinski definition) is 0. The molecule has 0 radical (unpaired) electrons. The van der Waals surface area contributed by atoms with Crippen molar-refractivity contribution < 1.29 is 18.8 Å². The summed E-state index contributed by atoms with van der Waals surface area (Å²) in [5.74, 6) is 0. The summed E-state index contributed by atoms with van der Waals surface area (Å²) in [7, 11) is 0. The van der Waals surface area contributed by atoms with Crippen molar-refractivity contribution >= 4 is 19.8 Å². The molecule has 0 heterocycles. The first-order chi connectivity index (χ1) is 0. The van der Waals surface area contributed by atoms with E-state index in [1.165, 1.54) is 0 Å². The van der Waals surface area contributed by atoms with Gasteiger partial charge in [-0.3, -0.25) is 0 Å². The van der Waals surface area contributed by atoms with Gasteiger partial charge in [-0.25, -0.2) is 0 Å². The summed E-state index contributed by atoms with van der Waals surface area (Å²) in [5, 5.41) is 0. The van der Waals surface area contributed by atoms with E-state index in [4.69, 9.17) is 0 Å². The summed E-state index contributed by atoms with van der Waals surface area (Å²) in [5.41, 5.74) is 0. The topological polar surface area (TPSA) is 36.5 Å². The molecule has 0 aliphatic carbocycles. The van der Waals surface area contributed by atoms with Crippen molar-refractivity contribution in [2.45, 2.75) is 0 Å². The van der Waals surface area contributed by atoms with E-state index in [2.05, 4.69) is 0 Å². The van der Waals surface area contributed by atoms with Gasteiger partial charge in [0.15, 0.2) is 0 Å². The SMILES string of the molecule is [F-].[F-].[F-].[F-].[Ga+3].[NH4+]. The van der Waals surface area contributed by atoms with E-state index in [0.29, 0.717) is 0 Å². The Labute approximate surface area is 45.6 Å². The number of rotatable bonds is 0. The second kappa shape index (κ2) is 990. The van der Waals surface area contributed by atoms with Crippen molar-refractivity contribution in [3.05, 3.63) is 0 Å². The van der Waals surface area contributed by atoms with Gasteiger partial charge in [0.2, 0.25) is 0 Å². The molecular weight excluding hydrogens is 160 g/mol. The third-order valence-corrected chi connectivity index (χ3v) is 0. The average molecular weight is 164 g/mol. The summed E-state index contributed by atoms with van der Waals surface area (Å²) >= 11 is 0. The van der Waals surface area contributed by atoms with Gasteiger partial charge in [-0.15, -0.1) is 0 Å². The van der Waals surface area contributed by atoms with E-state index in [0.717, 1.165) is 0 Å². The van der Waals surface area contributed by atoms with Gasteiger partial charge < -0.3 is 25.0 Å². The largest absolute Gasteiger partial charge is 3.00 e. The molecule has 0 saturated heterocycles. The van der Waals surface area contributed by atoms with Crippen LogP contribution in [0.4, 0.5) is 0 Å². The van der Waals surface area contributed by atoms with Crippen molar-refractivity contribution in [3.8, 4) is 0 Å². The zero-order valence-electron chi connectivity index (χ0n) is 3.09. The standard InChI is InChI=1S/4FH.Ga.H3N/h4*1H;;1H3/q;;;;+3;/p-3. The van der Waals surface area contributed by atoms with Crippen molar-refractivity contribution in [2.24, 2.45) is 0 Å². The van der Waals surface area contributed by atoms with Crippen LogP contribution in [0.5, 0.6) is 0 Å². The molecule has 0 aliphatic heterocycles. The monoisotopic (exact) mass is 163 g/mol. The van der Waals surface area contributed by atoms with Crippen LogP contribution in [0.3, 0.4) is 0 Å².